The molecule has 0 bridgehead atoms. The lowest BCUT2D eigenvalue weighted by Crippen LogP contribution is -2.05. The molecule has 0 unspecified atom stereocenters. The van der Waals surface area contributed by atoms with E-state index >= 15 is 0 Å². The van der Waals surface area contributed by atoms with Gasteiger partial charge in [-0.05, 0) is 24.3 Å². The second kappa shape index (κ2) is 5.05. The predicted octanol–water partition coefficient (Wildman–Crippen LogP) is 2.53. The van der Waals surface area contributed by atoms with Crippen LogP contribution < -0.4 is 0 Å². The van der Waals surface area contributed by atoms with Crippen LogP contribution in [0.3, 0.4) is 0 Å². The SMILES string of the molecule is Cn1cc(C=C2N=C(c3cccc(Br)c3)OC2=O)cn1. The molecule has 3 rings (SSSR count). The fraction of sp³-hybridized carbons (Fsp3) is 0.0714. The maximum Gasteiger partial charge on any atom is 0.363 e. The molecule has 1 aromatic carbocycles. The van der Waals surface area contributed by atoms with Gasteiger partial charge in [-0.1, -0.05) is 22.0 Å². The van der Waals surface area contributed by atoms with Crippen LogP contribution in [0.1, 0.15) is 11.1 Å². The first-order valence-electron chi connectivity index (χ1n) is 5.89. The van der Waals surface area contributed by atoms with Crippen molar-refractivity contribution in [3.05, 3.63) is 58.0 Å². The van der Waals surface area contributed by atoms with E-state index in [9.17, 15) is 4.79 Å². The summed E-state index contributed by atoms with van der Waals surface area (Å²) in [5.41, 5.74) is 1.83. The molecule has 0 spiro atoms. The second-order valence-electron chi connectivity index (χ2n) is 4.29. The van der Waals surface area contributed by atoms with Crippen molar-refractivity contribution in [2.45, 2.75) is 0 Å². The summed E-state index contributed by atoms with van der Waals surface area (Å²) >= 11 is 3.37. The van der Waals surface area contributed by atoms with Gasteiger partial charge in [0.25, 0.3) is 0 Å². The Morgan fingerprint density at radius 1 is 1.40 bits per heavy atom. The summed E-state index contributed by atoms with van der Waals surface area (Å²) in [6.07, 6.45) is 5.11. The van der Waals surface area contributed by atoms with E-state index in [1.165, 1.54) is 0 Å². The summed E-state index contributed by atoms with van der Waals surface area (Å²) in [6, 6.07) is 7.44. The Morgan fingerprint density at radius 3 is 2.95 bits per heavy atom. The third-order valence-corrected chi connectivity index (χ3v) is 3.21. The van der Waals surface area contributed by atoms with E-state index in [0.29, 0.717) is 5.90 Å². The van der Waals surface area contributed by atoms with Crippen molar-refractivity contribution < 1.29 is 9.53 Å². The summed E-state index contributed by atoms with van der Waals surface area (Å²) in [7, 11) is 1.81. The maximum absolute atomic E-state index is 11.8. The predicted molar refractivity (Wildman–Crippen MR) is 78.0 cm³/mol. The normalized spacial score (nSPS) is 16.4. The molecular weight excluding hydrogens is 322 g/mol. The van der Waals surface area contributed by atoms with Crippen molar-refractivity contribution in [1.29, 1.82) is 0 Å². The number of hydrogen-bond acceptors (Lipinski definition) is 4. The molecule has 6 heteroatoms. The molecule has 1 aliphatic rings. The number of aryl methyl sites for hydroxylation is 1. The number of aliphatic imine (C=N–C) groups is 1. The molecule has 100 valence electrons. The Labute approximate surface area is 123 Å². The summed E-state index contributed by atoms with van der Waals surface area (Å²) in [5, 5.41) is 4.04. The number of cyclic esters (lactones) is 1. The number of benzene rings is 1. The first-order chi connectivity index (χ1) is 9.61. The minimum atomic E-state index is -0.455. The molecule has 0 saturated carbocycles. The van der Waals surface area contributed by atoms with Crippen molar-refractivity contribution in [3.8, 4) is 0 Å². The number of esters is 1. The second-order valence-corrected chi connectivity index (χ2v) is 5.21. The molecule has 1 aliphatic heterocycles. The molecule has 0 saturated heterocycles. The maximum atomic E-state index is 11.8. The fourth-order valence-corrected chi connectivity index (χ4v) is 2.23. The average Bonchev–Trinajstić information content (AvgIpc) is 2.97. The van der Waals surface area contributed by atoms with E-state index in [4.69, 9.17) is 4.74 Å². The average molecular weight is 332 g/mol. The van der Waals surface area contributed by atoms with Crippen molar-refractivity contribution in [3.63, 3.8) is 0 Å². The minimum absolute atomic E-state index is 0.271. The van der Waals surface area contributed by atoms with Crippen LogP contribution in [0.5, 0.6) is 0 Å². The zero-order chi connectivity index (χ0) is 14.1. The van der Waals surface area contributed by atoms with Gasteiger partial charge in [-0.2, -0.15) is 5.10 Å². The zero-order valence-corrected chi connectivity index (χ0v) is 12.2. The number of carbonyl (C=O) groups excluding carboxylic acids is 1. The smallest absolute Gasteiger partial charge is 0.363 e. The molecule has 0 radical (unpaired) electrons. The van der Waals surface area contributed by atoms with E-state index in [0.717, 1.165) is 15.6 Å². The molecule has 0 amide bonds. The molecule has 0 fully saturated rings. The Kier molecular flexibility index (Phi) is 3.23. The zero-order valence-electron chi connectivity index (χ0n) is 10.6. The minimum Gasteiger partial charge on any atom is -0.402 e. The molecule has 2 aromatic rings. The van der Waals surface area contributed by atoms with Crippen LogP contribution in [0.4, 0.5) is 0 Å². The van der Waals surface area contributed by atoms with E-state index in [-0.39, 0.29) is 5.70 Å². The van der Waals surface area contributed by atoms with Gasteiger partial charge < -0.3 is 4.74 Å². The third kappa shape index (κ3) is 2.55. The van der Waals surface area contributed by atoms with Crippen molar-refractivity contribution in [2.75, 3.05) is 0 Å². The van der Waals surface area contributed by atoms with Gasteiger partial charge in [0.1, 0.15) is 0 Å². The van der Waals surface area contributed by atoms with Gasteiger partial charge in [0.15, 0.2) is 5.70 Å². The first kappa shape index (κ1) is 12.8. The quantitative estimate of drug-likeness (QED) is 0.627. The van der Waals surface area contributed by atoms with Crippen molar-refractivity contribution in [2.24, 2.45) is 12.0 Å². The first-order valence-corrected chi connectivity index (χ1v) is 6.68. The largest absolute Gasteiger partial charge is 0.402 e. The van der Waals surface area contributed by atoms with Crippen LogP contribution in [0.25, 0.3) is 6.08 Å². The summed E-state index contributed by atoms with van der Waals surface area (Å²) in [5.74, 6) is -0.143. The topological polar surface area (TPSA) is 56.5 Å². The number of aromatic nitrogens is 2. The lowest BCUT2D eigenvalue weighted by Gasteiger charge is -1.99. The van der Waals surface area contributed by atoms with Crippen LogP contribution in [0.2, 0.25) is 0 Å². The van der Waals surface area contributed by atoms with E-state index in [1.54, 1.807) is 23.2 Å². The molecule has 0 aliphatic carbocycles. The monoisotopic (exact) mass is 331 g/mol. The number of nitrogens with zero attached hydrogens (tertiary/aromatic N) is 3. The number of ether oxygens (including phenoxy) is 1. The Hall–Kier alpha value is -2.21. The van der Waals surface area contributed by atoms with Gasteiger partial charge in [0.2, 0.25) is 5.90 Å². The fourth-order valence-electron chi connectivity index (χ4n) is 1.83. The Bertz CT molecular complexity index is 746. The highest BCUT2D eigenvalue weighted by molar-refractivity contribution is 9.10. The summed E-state index contributed by atoms with van der Waals surface area (Å²) in [4.78, 5) is 16.0. The van der Waals surface area contributed by atoms with Gasteiger partial charge in [0, 0.05) is 28.8 Å². The van der Waals surface area contributed by atoms with Crippen LogP contribution >= 0.6 is 15.9 Å². The van der Waals surface area contributed by atoms with Gasteiger partial charge in [-0.3, -0.25) is 4.68 Å². The molecule has 2 heterocycles. The van der Waals surface area contributed by atoms with E-state index in [2.05, 4.69) is 26.0 Å². The number of halogens is 1. The number of hydrogen-bond donors (Lipinski definition) is 0. The van der Waals surface area contributed by atoms with Gasteiger partial charge in [-0.25, -0.2) is 9.79 Å². The summed E-state index contributed by atoms with van der Waals surface area (Å²) < 4.78 is 7.75. The highest BCUT2D eigenvalue weighted by Gasteiger charge is 2.24. The Balaban J connectivity index is 1.94. The molecular formula is C14H10BrN3O2. The van der Waals surface area contributed by atoms with E-state index in [1.807, 2.05) is 31.3 Å². The van der Waals surface area contributed by atoms with Crippen LogP contribution in [-0.2, 0) is 16.6 Å². The lowest BCUT2D eigenvalue weighted by atomic mass is 10.2. The van der Waals surface area contributed by atoms with E-state index < -0.39 is 5.97 Å². The lowest BCUT2D eigenvalue weighted by molar-refractivity contribution is -0.129. The van der Waals surface area contributed by atoms with Crippen LogP contribution in [-0.4, -0.2) is 21.6 Å². The molecule has 0 N–H and O–H groups in total. The molecule has 5 nitrogen and oxygen atoms in total. The van der Waals surface area contributed by atoms with Crippen molar-refractivity contribution >= 4 is 33.9 Å². The van der Waals surface area contributed by atoms with Crippen molar-refractivity contribution in [1.82, 2.24) is 9.78 Å². The number of carbonyl (C=O) groups is 1. The molecule has 20 heavy (non-hydrogen) atoms. The Morgan fingerprint density at radius 2 is 2.25 bits per heavy atom. The van der Waals surface area contributed by atoms with Crippen LogP contribution in [0, 0.1) is 0 Å². The van der Waals surface area contributed by atoms with Gasteiger partial charge in [0.05, 0.1) is 6.20 Å². The highest BCUT2D eigenvalue weighted by atomic mass is 79.9. The van der Waals surface area contributed by atoms with Crippen LogP contribution in [0.15, 0.2) is 51.8 Å². The highest BCUT2D eigenvalue weighted by Crippen LogP contribution is 2.20. The summed E-state index contributed by atoms with van der Waals surface area (Å²) in [6.45, 7) is 0. The van der Waals surface area contributed by atoms with Gasteiger partial charge >= 0.3 is 5.97 Å². The van der Waals surface area contributed by atoms with Gasteiger partial charge in [-0.15, -0.1) is 0 Å². The standard InChI is InChI=1S/C14H10BrN3O2/c1-18-8-9(7-16-18)5-12-14(19)20-13(17-12)10-3-2-4-11(15)6-10/h2-8H,1H3. The molecule has 0 atom stereocenters. The number of rotatable bonds is 2. The third-order valence-electron chi connectivity index (χ3n) is 2.72. The molecule has 1 aromatic heterocycles.